The van der Waals surface area contributed by atoms with Crippen molar-refractivity contribution in [3.8, 4) is 0 Å². The number of nitrogens with zero attached hydrogens (tertiary/aromatic N) is 1. The van der Waals surface area contributed by atoms with Crippen molar-refractivity contribution < 1.29 is 27.9 Å². The van der Waals surface area contributed by atoms with Gasteiger partial charge >= 0.3 is 11.9 Å². The zero-order valence-electron chi connectivity index (χ0n) is 11.9. The number of carbonyl (C=O) groups excluding carboxylic acids is 3. The van der Waals surface area contributed by atoms with E-state index in [1.54, 1.807) is 12.1 Å². The number of hydrogen-bond donors (Lipinski definition) is 0. The SMILES string of the molecule is COC(=O)c1ccc(CCCN2C(=O)C(F)(F)CC2C=O)s1. The molecule has 0 aliphatic carbocycles. The second-order valence-corrected chi connectivity index (χ2v) is 6.14. The van der Waals surface area contributed by atoms with Crippen molar-refractivity contribution in [1.29, 1.82) is 0 Å². The molecule has 1 saturated heterocycles. The van der Waals surface area contributed by atoms with Crippen LogP contribution in [0.15, 0.2) is 12.1 Å². The van der Waals surface area contributed by atoms with Gasteiger partial charge in [0, 0.05) is 17.8 Å². The fourth-order valence-electron chi connectivity index (χ4n) is 2.36. The molecule has 1 aliphatic heterocycles. The number of hydrogen-bond acceptors (Lipinski definition) is 5. The molecule has 0 N–H and O–H groups in total. The third-order valence-electron chi connectivity index (χ3n) is 3.47. The molecule has 1 amide bonds. The number of likely N-dealkylation sites (tertiary alicyclic amines) is 1. The summed E-state index contributed by atoms with van der Waals surface area (Å²) in [6, 6.07) is 2.33. The number of ether oxygens (including phenoxy) is 1. The fraction of sp³-hybridized carbons (Fsp3) is 0.500. The number of aryl methyl sites for hydroxylation is 1. The van der Waals surface area contributed by atoms with Gasteiger partial charge in [0.25, 0.3) is 5.91 Å². The summed E-state index contributed by atoms with van der Waals surface area (Å²) in [4.78, 5) is 36.0. The van der Waals surface area contributed by atoms with E-state index in [-0.39, 0.29) is 6.54 Å². The van der Waals surface area contributed by atoms with E-state index in [0.29, 0.717) is 24.0 Å². The molecule has 5 nitrogen and oxygen atoms in total. The summed E-state index contributed by atoms with van der Waals surface area (Å²) in [5.74, 6) is -5.16. The molecule has 120 valence electrons. The molecule has 1 aliphatic rings. The Morgan fingerprint density at radius 2 is 2.27 bits per heavy atom. The standard InChI is InChI=1S/C14H15F2NO4S/c1-21-12(19)11-5-4-10(22-11)3-2-6-17-9(8-18)7-14(15,16)13(17)20/h4-5,8-9H,2-3,6-7H2,1H3. The summed E-state index contributed by atoms with van der Waals surface area (Å²) in [7, 11) is 1.29. The number of thiophene rings is 1. The Morgan fingerprint density at radius 1 is 1.55 bits per heavy atom. The molecule has 0 spiro atoms. The van der Waals surface area contributed by atoms with E-state index in [9.17, 15) is 23.2 Å². The summed E-state index contributed by atoms with van der Waals surface area (Å²) in [5.41, 5.74) is 0. The Labute approximate surface area is 129 Å². The first-order chi connectivity index (χ1) is 10.4. The first-order valence-corrected chi connectivity index (χ1v) is 7.52. The minimum Gasteiger partial charge on any atom is -0.465 e. The summed E-state index contributed by atoms with van der Waals surface area (Å²) in [6.07, 6.45) is 0.607. The third-order valence-corrected chi connectivity index (χ3v) is 4.59. The topological polar surface area (TPSA) is 63.7 Å². The van der Waals surface area contributed by atoms with E-state index in [1.807, 2.05) is 0 Å². The van der Waals surface area contributed by atoms with E-state index < -0.39 is 30.3 Å². The molecule has 0 saturated carbocycles. The van der Waals surface area contributed by atoms with Crippen LogP contribution in [0.25, 0.3) is 0 Å². The van der Waals surface area contributed by atoms with Crippen molar-refractivity contribution in [2.24, 2.45) is 0 Å². The maximum Gasteiger partial charge on any atom is 0.348 e. The van der Waals surface area contributed by atoms with E-state index >= 15 is 0 Å². The number of carbonyl (C=O) groups is 3. The molecular formula is C14H15F2NO4S. The molecule has 1 aromatic heterocycles. The number of halogens is 2. The maximum atomic E-state index is 13.3. The van der Waals surface area contributed by atoms with Crippen molar-refractivity contribution >= 4 is 29.5 Å². The predicted octanol–water partition coefficient (Wildman–Crippen LogP) is 1.90. The Kier molecular flexibility index (Phi) is 4.90. The fourth-order valence-corrected chi connectivity index (χ4v) is 3.32. The molecule has 1 aromatic rings. The number of aldehydes is 1. The quantitative estimate of drug-likeness (QED) is 0.590. The average molecular weight is 331 g/mol. The van der Waals surface area contributed by atoms with Gasteiger partial charge in [-0.15, -0.1) is 11.3 Å². The van der Waals surface area contributed by atoms with Gasteiger partial charge in [0.1, 0.15) is 11.2 Å². The summed E-state index contributed by atoms with van der Waals surface area (Å²) >= 11 is 1.26. The highest BCUT2D eigenvalue weighted by molar-refractivity contribution is 7.13. The minimum absolute atomic E-state index is 0.0866. The first-order valence-electron chi connectivity index (χ1n) is 6.70. The van der Waals surface area contributed by atoms with Gasteiger partial charge in [-0.05, 0) is 25.0 Å². The van der Waals surface area contributed by atoms with Crippen molar-refractivity contribution in [3.05, 3.63) is 21.9 Å². The monoisotopic (exact) mass is 331 g/mol. The van der Waals surface area contributed by atoms with E-state index in [4.69, 9.17) is 0 Å². The number of amides is 1. The second kappa shape index (κ2) is 6.51. The van der Waals surface area contributed by atoms with Crippen LogP contribution in [-0.4, -0.2) is 48.7 Å². The highest BCUT2D eigenvalue weighted by Gasteiger charge is 2.53. The molecule has 1 unspecified atom stereocenters. The lowest BCUT2D eigenvalue weighted by Gasteiger charge is -2.19. The molecule has 2 rings (SSSR count). The van der Waals surface area contributed by atoms with Crippen LogP contribution in [0.1, 0.15) is 27.4 Å². The smallest absolute Gasteiger partial charge is 0.348 e. The molecule has 22 heavy (non-hydrogen) atoms. The largest absolute Gasteiger partial charge is 0.465 e. The van der Waals surface area contributed by atoms with Gasteiger partial charge in [0.05, 0.1) is 13.2 Å². The number of esters is 1. The van der Waals surface area contributed by atoms with Crippen molar-refractivity contribution in [2.75, 3.05) is 13.7 Å². The van der Waals surface area contributed by atoms with Crippen LogP contribution in [-0.2, 0) is 20.7 Å². The lowest BCUT2D eigenvalue weighted by Crippen LogP contribution is -2.37. The van der Waals surface area contributed by atoms with Crippen molar-refractivity contribution in [1.82, 2.24) is 4.90 Å². The van der Waals surface area contributed by atoms with E-state index in [1.165, 1.54) is 18.4 Å². The maximum absolute atomic E-state index is 13.3. The van der Waals surface area contributed by atoms with E-state index in [0.717, 1.165) is 9.78 Å². The second-order valence-electron chi connectivity index (χ2n) is 4.97. The van der Waals surface area contributed by atoms with Gasteiger partial charge in [-0.25, -0.2) is 4.79 Å². The van der Waals surface area contributed by atoms with Crippen LogP contribution < -0.4 is 0 Å². The number of methoxy groups -OCH3 is 1. The molecule has 0 aromatic carbocycles. The molecule has 2 heterocycles. The van der Waals surface area contributed by atoms with Gasteiger partial charge < -0.3 is 14.4 Å². The van der Waals surface area contributed by atoms with Crippen LogP contribution in [0.5, 0.6) is 0 Å². The summed E-state index contributed by atoms with van der Waals surface area (Å²) < 4.78 is 31.2. The Hall–Kier alpha value is -1.83. The Balaban J connectivity index is 1.90. The third kappa shape index (κ3) is 3.32. The van der Waals surface area contributed by atoms with Crippen molar-refractivity contribution in [2.45, 2.75) is 31.2 Å². The Bertz CT molecular complexity index is 587. The van der Waals surface area contributed by atoms with Gasteiger partial charge in [-0.3, -0.25) is 4.79 Å². The molecule has 0 bridgehead atoms. The van der Waals surface area contributed by atoms with Crippen LogP contribution in [0.3, 0.4) is 0 Å². The Morgan fingerprint density at radius 3 is 2.91 bits per heavy atom. The predicted molar refractivity (Wildman–Crippen MR) is 75.1 cm³/mol. The molecule has 1 atom stereocenters. The van der Waals surface area contributed by atoms with Gasteiger partial charge in [-0.1, -0.05) is 0 Å². The van der Waals surface area contributed by atoms with Gasteiger partial charge in [0.2, 0.25) is 0 Å². The van der Waals surface area contributed by atoms with E-state index in [2.05, 4.69) is 4.74 Å². The number of rotatable bonds is 6. The van der Waals surface area contributed by atoms with Gasteiger partial charge in [0.15, 0.2) is 0 Å². The molecule has 0 radical (unpaired) electrons. The van der Waals surface area contributed by atoms with Crippen LogP contribution in [0.4, 0.5) is 8.78 Å². The lowest BCUT2D eigenvalue weighted by molar-refractivity contribution is -0.148. The van der Waals surface area contributed by atoms with Crippen LogP contribution >= 0.6 is 11.3 Å². The lowest BCUT2D eigenvalue weighted by atomic mass is 10.2. The highest BCUT2D eigenvalue weighted by Crippen LogP contribution is 2.32. The van der Waals surface area contributed by atoms with Gasteiger partial charge in [-0.2, -0.15) is 8.78 Å². The molecule has 8 heteroatoms. The van der Waals surface area contributed by atoms with Crippen molar-refractivity contribution in [3.63, 3.8) is 0 Å². The number of alkyl halides is 2. The molecular weight excluding hydrogens is 316 g/mol. The first kappa shape index (κ1) is 16.5. The average Bonchev–Trinajstić information content (AvgIpc) is 3.04. The van der Waals surface area contributed by atoms with Crippen LogP contribution in [0.2, 0.25) is 0 Å². The summed E-state index contributed by atoms with van der Waals surface area (Å²) in [6.45, 7) is 0.0866. The normalized spacial score (nSPS) is 20.2. The molecule has 1 fully saturated rings. The van der Waals surface area contributed by atoms with Crippen LogP contribution in [0, 0.1) is 0 Å². The zero-order chi connectivity index (χ0) is 16.3. The highest BCUT2D eigenvalue weighted by atomic mass is 32.1. The summed E-state index contributed by atoms with van der Waals surface area (Å²) in [5, 5.41) is 0. The zero-order valence-corrected chi connectivity index (χ0v) is 12.7. The minimum atomic E-state index is -3.45.